The smallest absolute Gasteiger partial charge is 0.227 e. The number of anilines is 1. The number of halogens is 1. The standard InChI is InChI=1S/C13H17BrN2O/c1-8-3-11(4-9(2)13(8)14)16-7-10(6-15)5-12(16)17/h3-4,10H,5-7,15H2,1-2H3. The molecule has 2 N–H and O–H groups in total. The second-order valence-electron chi connectivity index (χ2n) is 4.70. The Morgan fingerprint density at radius 1 is 1.41 bits per heavy atom. The van der Waals surface area contributed by atoms with Crippen molar-refractivity contribution in [1.29, 1.82) is 0 Å². The van der Waals surface area contributed by atoms with Crippen molar-refractivity contribution in [3.63, 3.8) is 0 Å². The summed E-state index contributed by atoms with van der Waals surface area (Å²) in [6.07, 6.45) is 0.574. The van der Waals surface area contributed by atoms with Crippen LogP contribution in [0.2, 0.25) is 0 Å². The molecule has 0 aromatic heterocycles. The van der Waals surface area contributed by atoms with Crippen molar-refractivity contribution in [2.75, 3.05) is 18.0 Å². The van der Waals surface area contributed by atoms with E-state index < -0.39 is 0 Å². The van der Waals surface area contributed by atoms with E-state index in [0.29, 0.717) is 18.9 Å². The lowest BCUT2D eigenvalue weighted by atomic mass is 10.1. The number of nitrogens with zero attached hydrogens (tertiary/aromatic N) is 1. The summed E-state index contributed by atoms with van der Waals surface area (Å²) in [7, 11) is 0. The zero-order valence-electron chi connectivity index (χ0n) is 10.2. The Hall–Kier alpha value is -0.870. The Balaban J connectivity index is 2.32. The highest BCUT2D eigenvalue weighted by molar-refractivity contribution is 9.10. The van der Waals surface area contributed by atoms with Gasteiger partial charge in [-0.05, 0) is 49.6 Å². The molecule has 17 heavy (non-hydrogen) atoms. The fraction of sp³-hybridized carbons (Fsp3) is 0.462. The molecule has 3 nitrogen and oxygen atoms in total. The molecule has 0 saturated carbocycles. The van der Waals surface area contributed by atoms with E-state index >= 15 is 0 Å². The van der Waals surface area contributed by atoms with Crippen molar-refractivity contribution < 1.29 is 4.79 Å². The number of amides is 1. The maximum absolute atomic E-state index is 11.9. The Bertz CT molecular complexity index is 436. The molecule has 92 valence electrons. The van der Waals surface area contributed by atoms with Gasteiger partial charge in [-0.25, -0.2) is 0 Å². The van der Waals surface area contributed by atoms with Crippen molar-refractivity contribution in [2.24, 2.45) is 11.7 Å². The van der Waals surface area contributed by atoms with Gasteiger partial charge in [0, 0.05) is 23.1 Å². The minimum absolute atomic E-state index is 0.182. The summed E-state index contributed by atoms with van der Waals surface area (Å²) >= 11 is 3.54. The Morgan fingerprint density at radius 3 is 2.47 bits per heavy atom. The van der Waals surface area contributed by atoms with E-state index in [1.54, 1.807) is 0 Å². The summed E-state index contributed by atoms with van der Waals surface area (Å²) in [6.45, 7) is 5.41. The average Bonchev–Trinajstić information content (AvgIpc) is 2.67. The molecule has 1 saturated heterocycles. The van der Waals surface area contributed by atoms with Crippen LogP contribution in [-0.2, 0) is 4.79 Å². The normalized spacial score (nSPS) is 20.1. The van der Waals surface area contributed by atoms with Gasteiger partial charge in [0.25, 0.3) is 0 Å². The minimum Gasteiger partial charge on any atom is -0.330 e. The molecule has 1 aromatic carbocycles. The molecule has 1 aromatic rings. The molecule has 1 amide bonds. The van der Waals surface area contributed by atoms with Gasteiger partial charge in [0.2, 0.25) is 5.91 Å². The molecule has 0 bridgehead atoms. The third kappa shape index (κ3) is 2.38. The van der Waals surface area contributed by atoms with E-state index in [4.69, 9.17) is 5.73 Å². The first kappa shape index (κ1) is 12.6. The number of carbonyl (C=O) groups is 1. The first-order chi connectivity index (χ1) is 8.02. The number of carbonyl (C=O) groups excluding carboxylic acids is 1. The molecular formula is C13H17BrN2O. The van der Waals surface area contributed by atoms with Crippen LogP contribution < -0.4 is 10.6 Å². The van der Waals surface area contributed by atoms with Gasteiger partial charge in [-0.1, -0.05) is 15.9 Å². The second kappa shape index (κ2) is 4.78. The fourth-order valence-electron chi connectivity index (χ4n) is 2.27. The predicted octanol–water partition coefficient (Wildman–Crippen LogP) is 2.38. The summed E-state index contributed by atoms with van der Waals surface area (Å²) in [5.74, 6) is 0.480. The third-order valence-electron chi connectivity index (χ3n) is 3.27. The van der Waals surface area contributed by atoms with Gasteiger partial charge < -0.3 is 10.6 Å². The molecule has 2 rings (SSSR count). The Morgan fingerprint density at radius 2 is 2.00 bits per heavy atom. The molecular weight excluding hydrogens is 280 g/mol. The van der Waals surface area contributed by atoms with Gasteiger partial charge in [-0.2, -0.15) is 0 Å². The van der Waals surface area contributed by atoms with Crippen LogP contribution in [-0.4, -0.2) is 19.0 Å². The molecule has 1 unspecified atom stereocenters. The number of aryl methyl sites for hydroxylation is 2. The maximum Gasteiger partial charge on any atom is 0.227 e. The zero-order chi connectivity index (χ0) is 12.6. The van der Waals surface area contributed by atoms with Gasteiger partial charge >= 0.3 is 0 Å². The van der Waals surface area contributed by atoms with Gasteiger partial charge in [0.05, 0.1) is 0 Å². The lowest BCUT2D eigenvalue weighted by molar-refractivity contribution is -0.117. The molecule has 1 aliphatic heterocycles. The highest BCUT2D eigenvalue weighted by Gasteiger charge is 2.29. The molecule has 1 fully saturated rings. The van der Waals surface area contributed by atoms with Crippen LogP contribution in [0.25, 0.3) is 0 Å². The van der Waals surface area contributed by atoms with Gasteiger partial charge in [-0.15, -0.1) is 0 Å². The van der Waals surface area contributed by atoms with Crippen LogP contribution >= 0.6 is 15.9 Å². The first-order valence-corrected chi connectivity index (χ1v) is 6.59. The number of hydrogen-bond acceptors (Lipinski definition) is 2. The van der Waals surface area contributed by atoms with E-state index in [1.165, 1.54) is 0 Å². The van der Waals surface area contributed by atoms with E-state index in [2.05, 4.69) is 15.9 Å². The Kier molecular flexibility index (Phi) is 3.54. The molecule has 0 aliphatic carbocycles. The van der Waals surface area contributed by atoms with Crippen molar-refractivity contribution in [2.45, 2.75) is 20.3 Å². The number of hydrogen-bond donors (Lipinski definition) is 1. The largest absolute Gasteiger partial charge is 0.330 e. The van der Waals surface area contributed by atoms with E-state index in [1.807, 2.05) is 30.9 Å². The predicted molar refractivity (Wildman–Crippen MR) is 73.1 cm³/mol. The van der Waals surface area contributed by atoms with Crippen LogP contribution in [0, 0.1) is 19.8 Å². The topological polar surface area (TPSA) is 46.3 Å². The monoisotopic (exact) mass is 296 g/mol. The van der Waals surface area contributed by atoms with E-state index in [9.17, 15) is 4.79 Å². The maximum atomic E-state index is 11.9. The number of benzene rings is 1. The van der Waals surface area contributed by atoms with Crippen molar-refractivity contribution in [3.8, 4) is 0 Å². The quantitative estimate of drug-likeness (QED) is 0.911. The fourth-order valence-corrected chi connectivity index (χ4v) is 2.50. The van der Waals surface area contributed by atoms with Crippen LogP contribution in [0.1, 0.15) is 17.5 Å². The summed E-state index contributed by atoms with van der Waals surface area (Å²) < 4.78 is 1.11. The molecule has 1 atom stereocenters. The lowest BCUT2D eigenvalue weighted by Gasteiger charge is -2.18. The average molecular weight is 297 g/mol. The molecule has 0 radical (unpaired) electrons. The zero-order valence-corrected chi connectivity index (χ0v) is 11.8. The third-order valence-corrected chi connectivity index (χ3v) is 4.52. The van der Waals surface area contributed by atoms with Gasteiger partial charge in [-0.3, -0.25) is 4.79 Å². The van der Waals surface area contributed by atoms with Crippen LogP contribution in [0.3, 0.4) is 0 Å². The molecule has 1 heterocycles. The van der Waals surface area contributed by atoms with Crippen molar-refractivity contribution >= 4 is 27.5 Å². The summed E-state index contributed by atoms with van der Waals surface area (Å²) in [5.41, 5.74) is 8.94. The molecule has 0 spiro atoms. The molecule has 4 heteroatoms. The first-order valence-electron chi connectivity index (χ1n) is 5.80. The summed E-state index contributed by atoms with van der Waals surface area (Å²) in [4.78, 5) is 13.8. The minimum atomic E-state index is 0.182. The number of rotatable bonds is 2. The van der Waals surface area contributed by atoms with Crippen LogP contribution in [0.5, 0.6) is 0 Å². The van der Waals surface area contributed by atoms with Crippen molar-refractivity contribution in [1.82, 2.24) is 0 Å². The highest BCUT2D eigenvalue weighted by atomic mass is 79.9. The van der Waals surface area contributed by atoms with E-state index in [0.717, 1.165) is 27.8 Å². The highest BCUT2D eigenvalue weighted by Crippen LogP contribution is 2.30. The summed E-state index contributed by atoms with van der Waals surface area (Å²) in [6, 6.07) is 4.10. The SMILES string of the molecule is Cc1cc(N2CC(CN)CC2=O)cc(C)c1Br. The molecule has 1 aliphatic rings. The van der Waals surface area contributed by atoms with E-state index in [-0.39, 0.29) is 5.91 Å². The Labute approximate surface area is 110 Å². The van der Waals surface area contributed by atoms with Crippen molar-refractivity contribution in [3.05, 3.63) is 27.7 Å². The van der Waals surface area contributed by atoms with Gasteiger partial charge in [0.15, 0.2) is 0 Å². The van der Waals surface area contributed by atoms with Crippen LogP contribution in [0.15, 0.2) is 16.6 Å². The van der Waals surface area contributed by atoms with Crippen LogP contribution in [0.4, 0.5) is 5.69 Å². The second-order valence-corrected chi connectivity index (χ2v) is 5.50. The van der Waals surface area contributed by atoms with Gasteiger partial charge in [0.1, 0.15) is 0 Å². The number of nitrogens with two attached hydrogens (primary N) is 1. The lowest BCUT2D eigenvalue weighted by Crippen LogP contribution is -2.25. The summed E-state index contributed by atoms with van der Waals surface area (Å²) in [5, 5.41) is 0.